The van der Waals surface area contributed by atoms with Crippen LogP contribution in [0.25, 0.3) is 0 Å². The van der Waals surface area contributed by atoms with Crippen molar-refractivity contribution in [1.29, 1.82) is 0 Å². The Morgan fingerprint density at radius 2 is 1.94 bits per heavy atom. The van der Waals surface area contributed by atoms with Crippen molar-refractivity contribution in [3.8, 4) is 0 Å². The fourth-order valence-corrected chi connectivity index (χ4v) is 2.49. The second kappa shape index (κ2) is 8.15. The molecule has 0 aromatic carbocycles. The Hall–Kier alpha value is 0.780. The molecule has 1 atom stereocenters. The Balaban J connectivity index is 4.22. The molecule has 108 valence electrons. The first-order valence-corrected chi connectivity index (χ1v) is 8.01. The van der Waals surface area contributed by atoms with Gasteiger partial charge in [-0.25, -0.2) is 0 Å². The predicted octanol–water partition coefficient (Wildman–Crippen LogP) is 4.90. The molecule has 18 heavy (non-hydrogen) atoms. The van der Waals surface area contributed by atoms with E-state index in [4.69, 9.17) is 56.3 Å². The van der Waals surface area contributed by atoms with Crippen molar-refractivity contribution in [3.05, 3.63) is 0 Å². The van der Waals surface area contributed by atoms with Gasteiger partial charge in [0.25, 0.3) is 5.23 Å². The summed E-state index contributed by atoms with van der Waals surface area (Å²) in [6, 6.07) is 0. The maximum atomic E-state index is 8.58. The van der Waals surface area contributed by atoms with Gasteiger partial charge < -0.3 is 9.94 Å². The van der Waals surface area contributed by atoms with Gasteiger partial charge in [-0.3, -0.25) is 0 Å². The molecule has 0 saturated heterocycles. The number of hydrogen-bond donors (Lipinski definition) is 1. The largest absolute Gasteiger partial charge is 0.471 e. The number of alkyl halides is 4. The fourth-order valence-electron chi connectivity index (χ4n) is 1.17. The van der Waals surface area contributed by atoms with Crippen LogP contribution in [0.4, 0.5) is 0 Å². The van der Waals surface area contributed by atoms with Crippen LogP contribution in [0.1, 0.15) is 26.7 Å². The second-order valence-electron chi connectivity index (χ2n) is 4.44. The summed E-state index contributed by atoms with van der Waals surface area (Å²) in [6.07, 6.45) is 2.67. The molecule has 0 rings (SSSR count). The molecule has 1 N–H and O–H groups in total. The highest BCUT2D eigenvalue weighted by Crippen LogP contribution is 2.40. The van der Waals surface area contributed by atoms with Gasteiger partial charge in [-0.1, -0.05) is 60.4 Å². The minimum Gasteiger partial charge on any atom is -0.471 e. The molecule has 0 aromatic heterocycles. The molecule has 0 spiro atoms. The highest BCUT2D eigenvalue weighted by molar-refractivity contribution is 8.12. The van der Waals surface area contributed by atoms with Crippen LogP contribution in [0, 0.1) is 5.41 Å². The van der Waals surface area contributed by atoms with Crippen LogP contribution in [0.5, 0.6) is 0 Å². The van der Waals surface area contributed by atoms with E-state index in [1.165, 1.54) is 11.8 Å². The van der Waals surface area contributed by atoms with E-state index in [0.717, 1.165) is 0 Å². The summed E-state index contributed by atoms with van der Waals surface area (Å²) in [5, 5.41) is 11.5. The molecule has 1 unspecified atom stereocenters. The van der Waals surface area contributed by atoms with Gasteiger partial charge in [0, 0.05) is 11.8 Å². The van der Waals surface area contributed by atoms with Gasteiger partial charge in [0.15, 0.2) is 3.79 Å². The number of thioether (sulfide) groups is 1. The topological polar surface area (TPSA) is 41.8 Å². The van der Waals surface area contributed by atoms with Crippen molar-refractivity contribution >= 4 is 63.4 Å². The third-order valence-electron chi connectivity index (χ3n) is 2.49. The highest BCUT2D eigenvalue weighted by Gasteiger charge is 2.34. The Morgan fingerprint density at radius 3 is 2.33 bits per heavy atom. The first-order valence-electron chi connectivity index (χ1n) is 5.22. The van der Waals surface area contributed by atoms with Crippen molar-refractivity contribution in [2.24, 2.45) is 10.6 Å². The molecule has 0 aliphatic carbocycles. The summed E-state index contributed by atoms with van der Waals surface area (Å²) in [6.45, 7) is 4.33. The lowest BCUT2D eigenvalue weighted by molar-refractivity contribution is 0.203. The smallest absolute Gasteiger partial charge is 0.285 e. The van der Waals surface area contributed by atoms with Gasteiger partial charge in [-0.05, 0) is 23.2 Å². The van der Waals surface area contributed by atoms with Crippen molar-refractivity contribution in [2.45, 2.75) is 35.9 Å². The summed E-state index contributed by atoms with van der Waals surface area (Å²) in [4.78, 5) is 0. The molecule has 0 heterocycles. The van der Waals surface area contributed by atoms with Gasteiger partial charge in [0.2, 0.25) is 0 Å². The van der Waals surface area contributed by atoms with Gasteiger partial charge in [-0.2, -0.15) is 0 Å². The monoisotopic (exact) mass is 355 g/mol. The van der Waals surface area contributed by atoms with E-state index in [0.29, 0.717) is 13.0 Å². The van der Waals surface area contributed by atoms with Crippen LogP contribution in [0.2, 0.25) is 0 Å². The lowest BCUT2D eigenvalue weighted by Crippen LogP contribution is -2.30. The van der Waals surface area contributed by atoms with Gasteiger partial charge in [0.05, 0.1) is 6.61 Å². The Labute approximate surface area is 132 Å². The molecule has 0 saturated carbocycles. The number of oxime groups is 1. The van der Waals surface area contributed by atoms with E-state index in [1.54, 1.807) is 6.26 Å². The molecular weight excluding hydrogens is 340 g/mol. The van der Waals surface area contributed by atoms with Crippen molar-refractivity contribution in [2.75, 3.05) is 12.9 Å². The SMILES string of the molecule is CS/C(=N/O)OCCC(C)(C)C(Cl)CC(Cl)(Cl)Cl. The maximum Gasteiger partial charge on any atom is 0.285 e. The molecule has 0 aromatic rings. The Kier molecular flexibility index (Phi) is 8.51. The van der Waals surface area contributed by atoms with Crippen LogP contribution in [0.15, 0.2) is 5.16 Å². The summed E-state index contributed by atoms with van der Waals surface area (Å²) in [7, 11) is 0. The lowest BCUT2D eigenvalue weighted by atomic mass is 9.84. The van der Waals surface area contributed by atoms with E-state index in [1.807, 2.05) is 13.8 Å². The standard InChI is InChI=1S/C10H17Cl4NO2S/c1-9(2,7(11)6-10(12,13)14)4-5-17-8(15-16)18-3/h7,16H,4-6H2,1-3H3/b15-8+. The highest BCUT2D eigenvalue weighted by atomic mass is 35.6. The third kappa shape index (κ3) is 8.05. The van der Waals surface area contributed by atoms with E-state index >= 15 is 0 Å². The minimum atomic E-state index is -1.36. The average Bonchev–Trinajstić information content (AvgIpc) is 2.22. The summed E-state index contributed by atoms with van der Waals surface area (Å²) in [5.41, 5.74) is -0.259. The van der Waals surface area contributed by atoms with E-state index < -0.39 is 3.79 Å². The molecule has 0 aliphatic rings. The number of ether oxygens (including phenoxy) is 1. The van der Waals surface area contributed by atoms with Crippen LogP contribution in [-0.2, 0) is 4.74 Å². The molecule has 0 aliphatic heterocycles. The fraction of sp³-hybridized carbons (Fsp3) is 0.900. The Bertz CT molecular complexity index is 282. The van der Waals surface area contributed by atoms with Crippen LogP contribution < -0.4 is 0 Å². The molecule has 0 bridgehead atoms. The molecule has 3 nitrogen and oxygen atoms in total. The maximum absolute atomic E-state index is 8.58. The van der Waals surface area contributed by atoms with Gasteiger partial charge >= 0.3 is 0 Å². The lowest BCUT2D eigenvalue weighted by Gasteiger charge is -2.31. The van der Waals surface area contributed by atoms with E-state index in [2.05, 4.69) is 5.16 Å². The van der Waals surface area contributed by atoms with E-state index in [9.17, 15) is 0 Å². The van der Waals surface area contributed by atoms with Crippen LogP contribution in [-0.4, -0.2) is 32.5 Å². The van der Waals surface area contributed by atoms with Crippen molar-refractivity contribution in [1.82, 2.24) is 0 Å². The first-order chi connectivity index (χ1) is 8.12. The molecular formula is C10H17Cl4NO2S. The molecule has 0 fully saturated rings. The number of hydrogen-bond acceptors (Lipinski definition) is 4. The van der Waals surface area contributed by atoms with Gasteiger partial charge in [-0.15, -0.1) is 11.6 Å². The number of nitrogens with zero attached hydrogens (tertiary/aromatic N) is 1. The zero-order valence-corrected chi connectivity index (χ0v) is 14.3. The quantitative estimate of drug-likeness (QED) is 0.250. The third-order valence-corrected chi connectivity index (χ3v) is 4.24. The normalized spacial score (nSPS) is 15.6. The second-order valence-corrected chi connectivity index (χ2v) is 8.24. The van der Waals surface area contributed by atoms with E-state index in [-0.39, 0.29) is 22.4 Å². The van der Waals surface area contributed by atoms with Crippen LogP contribution >= 0.6 is 58.2 Å². The number of rotatable bonds is 5. The predicted molar refractivity (Wildman–Crippen MR) is 81.6 cm³/mol. The summed E-state index contributed by atoms with van der Waals surface area (Å²) < 4.78 is 3.90. The Morgan fingerprint density at radius 1 is 1.39 bits per heavy atom. The molecule has 0 amide bonds. The molecule has 0 radical (unpaired) electrons. The number of halogens is 4. The van der Waals surface area contributed by atoms with Crippen molar-refractivity contribution < 1.29 is 9.94 Å². The van der Waals surface area contributed by atoms with Gasteiger partial charge in [0.1, 0.15) is 0 Å². The minimum absolute atomic E-state index is 0.221. The zero-order valence-electron chi connectivity index (χ0n) is 10.4. The molecule has 8 heteroatoms. The first kappa shape index (κ1) is 18.8. The zero-order chi connectivity index (χ0) is 14.4. The summed E-state index contributed by atoms with van der Waals surface area (Å²) in [5.74, 6) is 0. The van der Waals surface area contributed by atoms with Crippen LogP contribution in [0.3, 0.4) is 0 Å². The average molecular weight is 357 g/mol. The summed E-state index contributed by atoms with van der Waals surface area (Å²) >= 11 is 24.6. The van der Waals surface area contributed by atoms with Crippen molar-refractivity contribution in [3.63, 3.8) is 0 Å².